The molecule has 9 heteroatoms. The van der Waals surface area contributed by atoms with E-state index >= 15 is 0 Å². The average molecular weight is 393 g/mol. The minimum Gasteiger partial charge on any atom is -0.494 e. The van der Waals surface area contributed by atoms with Crippen LogP contribution in [0.5, 0.6) is 5.75 Å². The van der Waals surface area contributed by atoms with E-state index in [0.29, 0.717) is 23.0 Å². The van der Waals surface area contributed by atoms with Crippen LogP contribution in [0.15, 0.2) is 42.5 Å². The molecule has 0 saturated heterocycles. The molecule has 3 aromatic rings. The molecule has 1 saturated carbocycles. The SMILES string of the molecule is COc1ccc(NC(=O)Cc2ccc(C(=O)O)cc2)cc1-n1nnnc1C1CC1. The molecule has 0 bridgehead atoms. The minimum absolute atomic E-state index is 0.124. The number of benzene rings is 2. The maximum atomic E-state index is 12.4. The Morgan fingerprint density at radius 1 is 1.21 bits per heavy atom. The van der Waals surface area contributed by atoms with Crippen molar-refractivity contribution in [3.8, 4) is 11.4 Å². The van der Waals surface area contributed by atoms with Gasteiger partial charge in [0.15, 0.2) is 5.82 Å². The van der Waals surface area contributed by atoms with E-state index in [0.717, 1.165) is 24.2 Å². The van der Waals surface area contributed by atoms with Crippen molar-refractivity contribution < 1.29 is 19.4 Å². The molecule has 1 amide bonds. The Labute approximate surface area is 166 Å². The van der Waals surface area contributed by atoms with E-state index in [4.69, 9.17) is 9.84 Å². The van der Waals surface area contributed by atoms with Crippen molar-refractivity contribution in [1.82, 2.24) is 20.2 Å². The lowest BCUT2D eigenvalue weighted by atomic mass is 10.1. The van der Waals surface area contributed by atoms with Gasteiger partial charge in [0, 0.05) is 11.6 Å². The molecular weight excluding hydrogens is 374 g/mol. The Balaban J connectivity index is 1.52. The van der Waals surface area contributed by atoms with E-state index in [1.807, 2.05) is 0 Å². The second kappa shape index (κ2) is 7.70. The van der Waals surface area contributed by atoms with Gasteiger partial charge in [-0.05, 0) is 59.2 Å². The fraction of sp³-hybridized carbons (Fsp3) is 0.250. The predicted octanol–water partition coefficient (Wildman–Crippen LogP) is 2.43. The number of rotatable bonds is 7. The van der Waals surface area contributed by atoms with Crippen molar-refractivity contribution in [2.24, 2.45) is 0 Å². The van der Waals surface area contributed by atoms with Gasteiger partial charge >= 0.3 is 5.97 Å². The Kier molecular flexibility index (Phi) is 4.94. The summed E-state index contributed by atoms with van der Waals surface area (Å²) >= 11 is 0. The first-order chi connectivity index (χ1) is 14.0. The predicted molar refractivity (Wildman–Crippen MR) is 103 cm³/mol. The van der Waals surface area contributed by atoms with Gasteiger partial charge in [-0.15, -0.1) is 5.10 Å². The van der Waals surface area contributed by atoms with Crippen molar-refractivity contribution >= 4 is 17.6 Å². The number of carbonyl (C=O) groups excluding carboxylic acids is 1. The first-order valence-electron chi connectivity index (χ1n) is 9.14. The third kappa shape index (κ3) is 4.08. The number of ether oxygens (including phenoxy) is 1. The zero-order chi connectivity index (χ0) is 20.4. The molecule has 148 valence electrons. The summed E-state index contributed by atoms with van der Waals surface area (Å²) in [4.78, 5) is 23.4. The summed E-state index contributed by atoms with van der Waals surface area (Å²) in [6, 6.07) is 11.5. The zero-order valence-electron chi connectivity index (χ0n) is 15.7. The van der Waals surface area contributed by atoms with E-state index in [1.54, 1.807) is 42.1 Å². The number of carbonyl (C=O) groups is 2. The lowest BCUT2D eigenvalue weighted by Gasteiger charge is -2.12. The summed E-state index contributed by atoms with van der Waals surface area (Å²) in [5.41, 5.74) is 2.15. The van der Waals surface area contributed by atoms with E-state index in [-0.39, 0.29) is 17.9 Å². The number of carboxylic acid groups (broad SMARTS) is 1. The molecule has 2 aromatic carbocycles. The number of aromatic nitrogens is 4. The van der Waals surface area contributed by atoms with E-state index in [1.165, 1.54) is 12.1 Å². The number of hydrogen-bond acceptors (Lipinski definition) is 6. The van der Waals surface area contributed by atoms with Crippen molar-refractivity contribution in [2.75, 3.05) is 12.4 Å². The summed E-state index contributed by atoms with van der Waals surface area (Å²) < 4.78 is 7.08. The molecule has 0 spiro atoms. The number of anilines is 1. The van der Waals surface area contributed by atoms with Gasteiger partial charge in [-0.3, -0.25) is 4.79 Å². The van der Waals surface area contributed by atoms with Crippen molar-refractivity contribution in [1.29, 1.82) is 0 Å². The monoisotopic (exact) mass is 393 g/mol. The summed E-state index contributed by atoms with van der Waals surface area (Å²) in [5, 5.41) is 23.8. The fourth-order valence-corrected chi connectivity index (χ4v) is 3.05. The van der Waals surface area contributed by atoms with Crippen LogP contribution < -0.4 is 10.1 Å². The van der Waals surface area contributed by atoms with Gasteiger partial charge in [0.1, 0.15) is 11.4 Å². The number of amides is 1. The highest BCUT2D eigenvalue weighted by molar-refractivity contribution is 5.93. The topological polar surface area (TPSA) is 119 Å². The number of carboxylic acids is 1. The number of methoxy groups -OCH3 is 1. The van der Waals surface area contributed by atoms with Crippen LogP contribution in [-0.2, 0) is 11.2 Å². The first-order valence-corrected chi connectivity index (χ1v) is 9.14. The van der Waals surface area contributed by atoms with Crippen LogP contribution in [0.1, 0.15) is 40.5 Å². The van der Waals surface area contributed by atoms with Gasteiger partial charge in [-0.1, -0.05) is 12.1 Å². The van der Waals surface area contributed by atoms with Gasteiger partial charge in [-0.2, -0.15) is 4.68 Å². The maximum Gasteiger partial charge on any atom is 0.335 e. The van der Waals surface area contributed by atoms with Gasteiger partial charge in [0.25, 0.3) is 0 Å². The summed E-state index contributed by atoms with van der Waals surface area (Å²) in [5.74, 6) is 0.511. The molecule has 1 aromatic heterocycles. The molecule has 1 aliphatic carbocycles. The van der Waals surface area contributed by atoms with Crippen molar-refractivity contribution in [2.45, 2.75) is 25.2 Å². The zero-order valence-corrected chi connectivity index (χ0v) is 15.7. The Bertz CT molecular complexity index is 1060. The second-order valence-corrected chi connectivity index (χ2v) is 6.84. The van der Waals surface area contributed by atoms with Crippen LogP contribution in [0.4, 0.5) is 5.69 Å². The van der Waals surface area contributed by atoms with Crippen molar-refractivity contribution in [3.05, 3.63) is 59.4 Å². The molecule has 9 nitrogen and oxygen atoms in total. The summed E-state index contributed by atoms with van der Waals surface area (Å²) in [6.45, 7) is 0. The largest absolute Gasteiger partial charge is 0.494 e. The second-order valence-electron chi connectivity index (χ2n) is 6.84. The summed E-state index contributed by atoms with van der Waals surface area (Å²) in [6.07, 6.45) is 2.24. The third-order valence-electron chi connectivity index (χ3n) is 4.69. The highest BCUT2D eigenvalue weighted by atomic mass is 16.5. The molecule has 29 heavy (non-hydrogen) atoms. The summed E-state index contributed by atoms with van der Waals surface area (Å²) in [7, 11) is 1.57. The van der Waals surface area contributed by atoms with Gasteiger partial charge < -0.3 is 15.2 Å². The smallest absolute Gasteiger partial charge is 0.335 e. The molecule has 0 atom stereocenters. The normalized spacial score (nSPS) is 13.1. The fourth-order valence-electron chi connectivity index (χ4n) is 3.05. The molecule has 0 unspecified atom stereocenters. The van der Waals surface area contributed by atoms with Crippen LogP contribution >= 0.6 is 0 Å². The number of nitrogens with zero attached hydrogens (tertiary/aromatic N) is 4. The molecule has 4 rings (SSSR count). The van der Waals surface area contributed by atoms with Crippen LogP contribution in [0.25, 0.3) is 5.69 Å². The maximum absolute atomic E-state index is 12.4. The minimum atomic E-state index is -1.00. The van der Waals surface area contributed by atoms with Crippen LogP contribution in [0, 0.1) is 0 Å². The average Bonchev–Trinajstić information content (AvgIpc) is 3.44. The molecule has 1 fully saturated rings. The van der Waals surface area contributed by atoms with E-state index in [9.17, 15) is 9.59 Å². The quantitative estimate of drug-likeness (QED) is 0.633. The van der Waals surface area contributed by atoms with E-state index < -0.39 is 5.97 Å². The Morgan fingerprint density at radius 3 is 2.62 bits per heavy atom. The van der Waals surface area contributed by atoms with Crippen LogP contribution in [0.3, 0.4) is 0 Å². The van der Waals surface area contributed by atoms with E-state index in [2.05, 4.69) is 20.8 Å². The number of aromatic carboxylic acids is 1. The number of nitrogens with one attached hydrogen (secondary N) is 1. The molecule has 1 heterocycles. The van der Waals surface area contributed by atoms with Crippen LogP contribution in [0.2, 0.25) is 0 Å². The lowest BCUT2D eigenvalue weighted by Crippen LogP contribution is -2.15. The molecular formula is C20H19N5O4. The Morgan fingerprint density at radius 2 is 1.97 bits per heavy atom. The first kappa shape index (κ1) is 18.6. The molecule has 0 radical (unpaired) electrons. The molecule has 0 aliphatic heterocycles. The number of tetrazole rings is 1. The number of hydrogen-bond donors (Lipinski definition) is 2. The van der Waals surface area contributed by atoms with Crippen LogP contribution in [-0.4, -0.2) is 44.3 Å². The Hall–Kier alpha value is -3.75. The lowest BCUT2D eigenvalue weighted by molar-refractivity contribution is -0.115. The van der Waals surface area contributed by atoms with Gasteiger partial charge in [0.05, 0.1) is 19.1 Å². The standard InChI is InChI=1S/C20H19N5O4/c1-29-17-9-8-15(11-16(17)25-19(13-6-7-13)22-23-24-25)21-18(26)10-12-2-4-14(5-3-12)20(27)28/h2-5,8-9,11,13H,6-7,10H2,1H3,(H,21,26)(H,27,28). The molecule has 1 aliphatic rings. The van der Waals surface area contributed by atoms with Crippen molar-refractivity contribution in [3.63, 3.8) is 0 Å². The van der Waals surface area contributed by atoms with Gasteiger partial charge in [0.2, 0.25) is 5.91 Å². The van der Waals surface area contributed by atoms with Gasteiger partial charge in [-0.25, -0.2) is 4.79 Å². The highest BCUT2D eigenvalue weighted by Crippen LogP contribution is 2.40. The molecule has 2 N–H and O–H groups in total. The highest BCUT2D eigenvalue weighted by Gasteiger charge is 2.30. The third-order valence-corrected chi connectivity index (χ3v) is 4.69.